The topological polar surface area (TPSA) is 75.3 Å². The molecule has 0 aliphatic heterocycles. The van der Waals surface area contributed by atoms with Gasteiger partial charge in [-0.2, -0.15) is 0 Å². The second-order valence-electron chi connectivity index (χ2n) is 4.26. The largest absolute Gasteiger partial charge is 0.351 e. The number of hydrogen-bond donors (Lipinski definition) is 2. The fourth-order valence-corrected chi connectivity index (χ4v) is 2.61. The first kappa shape index (κ1) is 15.7. The third-order valence-electron chi connectivity index (χ3n) is 2.55. The van der Waals surface area contributed by atoms with E-state index in [-0.39, 0.29) is 18.2 Å². The van der Waals surface area contributed by atoms with Crippen molar-refractivity contribution in [2.45, 2.75) is 26.3 Å². The van der Waals surface area contributed by atoms with Gasteiger partial charge in [0.25, 0.3) is 0 Å². The highest BCUT2D eigenvalue weighted by atomic mass is 32.2. The van der Waals surface area contributed by atoms with Crippen LogP contribution in [-0.2, 0) is 21.4 Å². The lowest BCUT2D eigenvalue weighted by atomic mass is 10.2. The van der Waals surface area contributed by atoms with Crippen molar-refractivity contribution in [2.24, 2.45) is 0 Å². The molecule has 0 saturated carbocycles. The SMILES string of the molecule is CCCCS(=O)(=O)NCC(=O)NCc1ccccc1. The Kier molecular flexibility index (Phi) is 6.52. The molecule has 19 heavy (non-hydrogen) atoms. The van der Waals surface area contributed by atoms with Gasteiger partial charge in [0.15, 0.2) is 0 Å². The van der Waals surface area contributed by atoms with Crippen LogP contribution in [0, 0.1) is 0 Å². The molecular formula is C13H20N2O3S. The zero-order chi connectivity index (χ0) is 14.1. The molecule has 1 amide bonds. The van der Waals surface area contributed by atoms with E-state index in [9.17, 15) is 13.2 Å². The van der Waals surface area contributed by atoms with Crippen molar-refractivity contribution in [1.29, 1.82) is 0 Å². The van der Waals surface area contributed by atoms with E-state index < -0.39 is 10.0 Å². The Morgan fingerprint density at radius 3 is 2.53 bits per heavy atom. The van der Waals surface area contributed by atoms with Crippen molar-refractivity contribution in [3.63, 3.8) is 0 Å². The number of amides is 1. The van der Waals surface area contributed by atoms with Crippen LogP contribution < -0.4 is 10.0 Å². The Bertz CT molecular complexity index is 486. The van der Waals surface area contributed by atoms with Crippen LogP contribution >= 0.6 is 0 Å². The summed E-state index contributed by atoms with van der Waals surface area (Å²) < 4.78 is 25.2. The zero-order valence-corrected chi connectivity index (χ0v) is 11.9. The number of nitrogens with one attached hydrogen (secondary N) is 2. The number of carbonyl (C=O) groups is 1. The van der Waals surface area contributed by atoms with E-state index in [1.165, 1.54) is 0 Å². The highest BCUT2D eigenvalue weighted by Crippen LogP contribution is 1.97. The second-order valence-corrected chi connectivity index (χ2v) is 6.18. The molecule has 0 aliphatic carbocycles. The van der Waals surface area contributed by atoms with Crippen LogP contribution in [0.4, 0.5) is 0 Å². The van der Waals surface area contributed by atoms with E-state index >= 15 is 0 Å². The fourth-order valence-electron chi connectivity index (χ4n) is 1.44. The van der Waals surface area contributed by atoms with Gasteiger partial charge in [-0.25, -0.2) is 13.1 Å². The molecule has 6 heteroatoms. The Balaban J connectivity index is 2.28. The van der Waals surface area contributed by atoms with Crippen molar-refractivity contribution in [1.82, 2.24) is 10.0 Å². The standard InChI is InChI=1S/C13H20N2O3S/c1-2-3-9-19(17,18)15-11-13(16)14-10-12-7-5-4-6-8-12/h4-8,15H,2-3,9-11H2,1H3,(H,14,16). The maximum Gasteiger partial charge on any atom is 0.235 e. The summed E-state index contributed by atoms with van der Waals surface area (Å²) >= 11 is 0. The summed E-state index contributed by atoms with van der Waals surface area (Å²) in [5, 5.41) is 2.66. The molecule has 0 bridgehead atoms. The predicted octanol–water partition coefficient (Wildman–Crippen LogP) is 1.02. The third kappa shape index (κ3) is 6.93. The van der Waals surface area contributed by atoms with Gasteiger partial charge >= 0.3 is 0 Å². The molecule has 0 atom stereocenters. The normalized spacial score (nSPS) is 11.2. The van der Waals surface area contributed by atoms with E-state index in [1.54, 1.807) is 0 Å². The quantitative estimate of drug-likeness (QED) is 0.748. The molecule has 0 unspecified atom stereocenters. The molecule has 0 heterocycles. The van der Waals surface area contributed by atoms with Gasteiger partial charge in [0.2, 0.25) is 15.9 Å². The first-order chi connectivity index (χ1) is 9.03. The van der Waals surface area contributed by atoms with E-state index in [1.807, 2.05) is 37.3 Å². The zero-order valence-electron chi connectivity index (χ0n) is 11.1. The molecular weight excluding hydrogens is 264 g/mol. The van der Waals surface area contributed by atoms with Gasteiger partial charge in [-0.1, -0.05) is 43.7 Å². The molecule has 2 N–H and O–H groups in total. The molecule has 1 rings (SSSR count). The molecule has 0 aromatic heterocycles. The Hall–Kier alpha value is -1.40. The summed E-state index contributed by atoms with van der Waals surface area (Å²) in [6.07, 6.45) is 1.40. The lowest BCUT2D eigenvalue weighted by molar-refractivity contribution is -0.120. The predicted molar refractivity (Wildman–Crippen MR) is 75.0 cm³/mol. The Morgan fingerprint density at radius 1 is 1.21 bits per heavy atom. The van der Waals surface area contributed by atoms with Crippen LogP contribution in [0.25, 0.3) is 0 Å². The highest BCUT2D eigenvalue weighted by Gasteiger charge is 2.11. The van der Waals surface area contributed by atoms with Gasteiger partial charge in [0.05, 0.1) is 12.3 Å². The maximum atomic E-state index is 11.5. The van der Waals surface area contributed by atoms with Crippen molar-refractivity contribution in [2.75, 3.05) is 12.3 Å². The maximum absolute atomic E-state index is 11.5. The molecule has 0 saturated heterocycles. The Morgan fingerprint density at radius 2 is 1.89 bits per heavy atom. The molecule has 0 spiro atoms. The van der Waals surface area contributed by atoms with Crippen molar-refractivity contribution < 1.29 is 13.2 Å². The first-order valence-electron chi connectivity index (χ1n) is 6.31. The lowest BCUT2D eigenvalue weighted by Gasteiger charge is -2.07. The molecule has 0 radical (unpaired) electrons. The molecule has 106 valence electrons. The highest BCUT2D eigenvalue weighted by molar-refractivity contribution is 7.89. The van der Waals surface area contributed by atoms with Crippen molar-refractivity contribution in [3.8, 4) is 0 Å². The molecule has 1 aromatic rings. The van der Waals surface area contributed by atoms with E-state index in [0.29, 0.717) is 13.0 Å². The van der Waals surface area contributed by atoms with Crippen LogP contribution in [0.3, 0.4) is 0 Å². The van der Waals surface area contributed by atoms with Gasteiger partial charge in [0.1, 0.15) is 0 Å². The monoisotopic (exact) mass is 284 g/mol. The van der Waals surface area contributed by atoms with Gasteiger partial charge in [-0.3, -0.25) is 4.79 Å². The third-order valence-corrected chi connectivity index (χ3v) is 3.96. The number of rotatable bonds is 8. The number of sulfonamides is 1. The van der Waals surface area contributed by atoms with E-state index in [0.717, 1.165) is 12.0 Å². The van der Waals surface area contributed by atoms with Gasteiger partial charge in [0, 0.05) is 6.54 Å². The fraction of sp³-hybridized carbons (Fsp3) is 0.462. The minimum atomic E-state index is -3.33. The number of benzene rings is 1. The van der Waals surface area contributed by atoms with Gasteiger partial charge < -0.3 is 5.32 Å². The number of hydrogen-bond acceptors (Lipinski definition) is 3. The smallest absolute Gasteiger partial charge is 0.235 e. The van der Waals surface area contributed by atoms with Crippen LogP contribution in [0.2, 0.25) is 0 Å². The summed E-state index contributed by atoms with van der Waals surface area (Å²) in [6, 6.07) is 9.45. The minimum absolute atomic E-state index is 0.0649. The summed E-state index contributed by atoms with van der Waals surface area (Å²) in [7, 11) is -3.33. The average molecular weight is 284 g/mol. The van der Waals surface area contributed by atoms with Crippen molar-refractivity contribution >= 4 is 15.9 Å². The first-order valence-corrected chi connectivity index (χ1v) is 7.96. The summed E-state index contributed by atoms with van der Waals surface area (Å²) in [5.74, 6) is -0.265. The lowest BCUT2D eigenvalue weighted by Crippen LogP contribution is -2.37. The van der Waals surface area contributed by atoms with Crippen molar-refractivity contribution in [3.05, 3.63) is 35.9 Å². The van der Waals surface area contributed by atoms with Gasteiger partial charge in [-0.05, 0) is 12.0 Å². The van der Waals surface area contributed by atoms with Gasteiger partial charge in [-0.15, -0.1) is 0 Å². The summed E-state index contributed by atoms with van der Waals surface area (Å²) in [4.78, 5) is 11.5. The van der Waals surface area contributed by atoms with Crippen LogP contribution in [0.15, 0.2) is 30.3 Å². The average Bonchev–Trinajstić information content (AvgIpc) is 2.42. The number of carbonyl (C=O) groups excluding carboxylic acids is 1. The minimum Gasteiger partial charge on any atom is -0.351 e. The molecule has 1 aromatic carbocycles. The van der Waals surface area contributed by atoms with Crippen LogP contribution in [0.1, 0.15) is 25.3 Å². The molecule has 0 fully saturated rings. The second kappa shape index (κ2) is 7.91. The number of unbranched alkanes of at least 4 members (excludes halogenated alkanes) is 1. The van der Waals surface area contributed by atoms with E-state index in [4.69, 9.17) is 0 Å². The van der Waals surface area contributed by atoms with E-state index in [2.05, 4.69) is 10.0 Å². The summed E-state index contributed by atoms with van der Waals surface area (Å²) in [6.45, 7) is 2.11. The summed E-state index contributed by atoms with van der Waals surface area (Å²) in [5.41, 5.74) is 0.977. The Labute approximate surface area is 114 Å². The molecule has 0 aliphatic rings. The van der Waals surface area contributed by atoms with Crippen LogP contribution in [0.5, 0.6) is 0 Å². The van der Waals surface area contributed by atoms with Crippen LogP contribution in [-0.4, -0.2) is 26.6 Å². The molecule has 5 nitrogen and oxygen atoms in total.